The van der Waals surface area contributed by atoms with Crippen LogP contribution in [-0.2, 0) is 19.1 Å². The minimum atomic E-state index is -0.431. The van der Waals surface area contributed by atoms with E-state index in [-0.39, 0.29) is 18.2 Å². The van der Waals surface area contributed by atoms with Crippen molar-refractivity contribution in [2.75, 3.05) is 0 Å². The largest absolute Gasteiger partial charge is 0.455 e. The number of ether oxygens (including phenoxy) is 2. The molecular formula is C11H12O4. The van der Waals surface area contributed by atoms with Crippen molar-refractivity contribution in [1.82, 2.24) is 0 Å². The number of carbonyl (C=O) groups excluding carboxylic acids is 2. The van der Waals surface area contributed by atoms with E-state index < -0.39 is 5.97 Å². The maximum Gasteiger partial charge on any atom is 0.334 e. The number of carbonyl (C=O) groups is 2. The van der Waals surface area contributed by atoms with E-state index in [0.29, 0.717) is 24.0 Å². The number of fused-ring (bicyclic) bond motifs is 2. The highest BCUT2D eigenvalue weighted by Crippen LogP contribution is 2.31. The number of rotatable bonds is 2. The smallest absolute Gasteiger partial charge is 0.334 e. The van der Waals surface area contributed by atoms with E-state index in [0.717, 1.165) is 0 Å². The molecule has 0 amide bonds. The molecule has 80 valence electrons. The Morgan fingerprint density at radius 1 is 1.67 bits per heavy atom. The Balaban J connectivity index is 2.03. The molecule has 1 heterocycles. The van der Waals surface area contributed by atoms with Crippen LogP contribution in [0.2, 0.25) is 0 Å². The third-order valence-corrected chi connectivity index (χ3v) is 2.56. The minimum Gasteiger partial charge on any atom is -0.455 e. The lowest BCUT2D eigenvalue weighted by molar-refractivity contribution is -0.157. The van der Waals surface area contributed by atoms with Gasteiger partial charge in [0.15, 0.2) is 0 Å². The summed E-state index contributed by atoms with van der Waals surface area (Å²) in [5, 5.41) is 0. The quantitative estimate of drug-likeness (QED) is 0.504. The van der Waals surface area contributed by atoms with Crippen molar-refractivity contribution < 1.29 is 19.1 Å². The average molecular weight is 208 g/mol. The lowest BCUT2D eigenvalue weighted by atomic mass is 9.97. The van der Waals surface area contributed by atoms with Crippen molar-refractivity contribution in [3.63, 3.8) is 0 Å². The third kappa shape index (κ3) is 1.79. The molecule has 2 aliphatic rings. The first kappa shape index (κ1) is 9.96. The summed E-state index contributed by atoms with van der Waals surface area (Å²) in [6.45, 7) is 5.09. The van der Waals surface area contributed by atoms with Crippen molar-refractivity contribution in [2.45, 2.75) is 32.0 Å². The van der Waals surface area contributed by atoms with Gasteiger partial charge in [0.05, 0.1) is 0 Å². The lowest BCUT2D eigenvalue weighted by Gasteiger charge is -2.22. The van der Waals surface area contributed by atoms with Crippen LogP contribution in [0.3, 0.4) is 0 Å². The maximum atomic E-state index is 11.3. The summed E-state index contributed by atoms with van der Waals surface area (Å²) in [6, 6.07) is 0. The topological polar surface area (TPSA) is 52.6 Å². The van der Waals surface area contributed by atoms with E-state index in [9.17, 15) is 9.59 Å². The summed E-state index contributed by atoms with van der Waals surface area (Å²) in [7, 11) is 0. The van der Waals surface area contributed by atoms with E-state index in [4.69, 9.17) is 9.47 Å². The molecule has 0 aromatic carbocycles. The van der Waals surface area contributed by atoms with E-state index in [1.165, 1.54) is 0 Å². The highest BCUT2D eigenvalue weighted by atomic mass is 16.6. The van der Waals surface area contributed by atoms with Crippen molar-refractivity contribution in [1.29, 1.82) is 0 Å². The molecule has 2 unspecified atom stereocenters. The first-order chi connectivity index (χ1) is 7.08. The van der Waals surface area contributed by atoms with Gasteiger partial charge in [-0.1, -0.05) is 12.7 Å². The third-order valence-electron chi connectivity index (χ3n) is 2.56. The summed E-state index contributed by atoms with van der Waals surface area (Å²) < 4.78 is 10.2. The predicted octanol–water partition coefficient (Wildman–Crippen LogP) is 1.12. The first-order valence-corrected chi connectivity index (χ1v) is 4.84. The molecule has 0 spiro atoms. The van der Waals surface area contributed by atoms with Gasteiger partial charge in [-0.3, -0.25) is 0 Å². The van der Waals surface area contributed by atoms with Gasteiger partial charge in [0.25, 0.3) is 0 Å². The van der Waals surface area contributed by atoms with Crippen LogP contribution in [-0.4, -0.2) is 24.1 Å². The van der Waals surface area contributed by atoms with E-state index in [1.807, 2.05) is 0 Å². The fraction of sp³-hybridized carbons (Fsp3) is 0.455. The molecule has 4 heteroatoms. The zero-order valence-corrected chi connectivity index (χ0v) is 8.49. The molecule has 15 heavy (non-hydrogen) atoms. The van der Waals surface area contributed by atoms with Crippen LogP contribution in [0.25, 0.3) is 0 Å². The van der Waals surface area contributed by atoms with Gasteiger partial charge in [-0.15, -0.1) is 0 Å². The zero-order chi connectivity index (χ0) is 11.0. The molecular weight excluding hydrogens is 196 g/mol. The van der Waals surface area contributed by atoms with E-state index in [1.54, 1.807) is 13.0 Å². The second-order valence-electron chi connectivity index (χ2n) is 3.84. The summed E-state index contributed by atoms with van der Waals surface area (Å²) >= 11 is 0. The molecule has 0 aromatic heterocycles. The SMILES string of the molecule is C=C(C)C(=O)OC1CC=C2CC1OC2=O. The number of hydrogen-bond donors (Lipinski definition) is 0. The summed E-state index contributed by atoms with van der Waals surface area (Å²) in [5.74, 6) is -0.714. The van der Waals surface area contributed by atoms with Crippen LogP contribution in [0.1, 0.15) is 19.8 Å². The molecule has 2 atom stereocenters. The number of hydrogen-bond acceptors (Lipinski definition) is 4. The van der Waals surface area contributed by atoms with Gasteiger partial charge in [-0.05, 0) is 6.92 Å². The Kier molecular flexibility index (Phi) is 2.34. The Morgan fingerprint density at radius 2 is 2.40 bits per heavy atom. The summed E-state index contributed by atoms with van der Waals surface area (Å²) in [6.07, 6.45) is 2.21. The second kappa shape index (κ2) is 3.53. The van der Waals surface area contributed by atoms with Crippen LogP contribution in [0.4, 0.5) is 0 Å². The van der Waals surface area contributed by atoms with Crippen molar-refractivity contribution in [3.05, 3.63) is 23.8 Å². The zero-order valence-electron chi connectivity index (χ0n) is 8.49. The van der Waals surface area contributed by atoms with E-state index in [2.05, 4.69) is 6.58 Å². The highest BCUT2D eigenvalue weighted by Gasteiger charge is 2.40. The fourth-order valence-electron chi connectivity index (χ4n) is 1.70. The second-order valence-corrected chi connectivity index (χ2v) is 3.84. The standard InChI is InChI=1S/C11H12O4/c1-6(2)10(12)14-8-4-3-7-5-9(8)15-11(7)13/h3,8-9H,1,4-5H2,2H3. The van der Waals surface area contributed by atoms with Crippen LogP contribution < -0.4 is 0 Å². The van der Waals surface area contributed by atoms with Gasteiger partial charge in [0, 0.05) is 24.0 Å². The molecule has 0 N–H and O–H groups in total. The summed E-state index contributed by atoms with van der Waals surface area (Å²) in [4.78, 5) is 22.5. The molecule has 1 saturated heterocycles. The van der Waals surface area contributed by atoms with Gasteiger partial charge in [-0.25, -0.2) is 9.59 Å². The van der Waals surface area contributed by atoms with Crippen molar-refractivity contribution in [2.24, 2.45) is 0 Å². The van der Waals surface area contributed by atoms with Crippen LogP contribution >= 0.6 is 0 Å². The molecule has 2 rings (SSSR count). The molecule has 1 aliphatic carbocycles. The van der Waals surface area contributed by atoms with Crippen molar-refractivity contribution in [3.8, 4) is 0 Å². The monoisotopic (exact) mass is 208 g/mol. The Labute approximate surface area is 87.5 Å². The Hall–Kier alpha value is -1.58. The van der Waals surface area contributed by atoms with Gasteiger partial charge in [0.1, 0.15) is 12.2 Å². The Morgan fingerprint density at radius 3 is 3.07 bits per heavy atom. The predicted molar refractivity (Wildman–Crippen MR) is 51.9 cm³/mol. The minimum absolute atomic E-state index is 0.283. The molecule has 0 aromatic rings. The average Bonchev–Trinajstić information content (AvgIpc) is 2.48. The van der Waals surface area contributed by atoms with Gasteiger partial charge in [-0.2, -0.15) is 0 Å². The maximum absolute atomic E-state index is 11.3. The van der Waals surface area contributed by atoms with Gasteiger partial charge < -0.3 is 9.47 Å². The lowest BCUT2D eigenvalue weighted by Crippen LogP contribution is -2.31. The molecule has 1 fully saturated rings. The van der Waals surface area contributed by atoms with Crippen LogP contribution in [0.15, 0.2) is 23.8 Å². The molecule has 2 bridgehead atoms. The molecule has 4 nitrogen and oxygen atoms in total. The fourth-order valence-corrected chi connectivity index (χ4v) is 1.70. The van der Waals surface area contributed by atoms with Gasteiger partial charge >= 0.3 is 11.9 Å². The molecule has 0 saturated carbocycles. The summed E-state index contributed by atoms with van der Waals surface area (Å²) in [5.41, 5.74) is 1.05. The highest BCUT2D eigenvalue weighted by molar-refractivity contribution is 5.91. The van der Waals surface area contributed by atoms with Crippen LogP contribution in [0.5, 0.6) is 0 Å². The normalized spacial score (nSPS) is 28.1. The van der Waals surface area contributed by atoms with Crippen LogP contribution in [0, 0.1) is 0 Å². The van der Waals surface area contributed by atoms with Gasteiger partial charge in [0.2, 0.25) is 0 Å². The molecule has 1 aliphatic heterocycles. The number of esters is 2. The van der Waals surface area contributed by atoms with E-state index >= 15 is 0 Å². The first-order valence-electron chi connectivity index (χ1n) is 4.84. The van der Waals surface area contributed by atoms with Crippen molar-refractivity contribution >= 4 is 11.9 Å². The Bertz CT molecular complexity index is 367. The molecule has 0 radical (unpaired) electrons.